The van der Waals surface area contributed by atoms with E-state index in [4.69, 9.17) is 9.26 Å². The van der Waals surface area contributed by atoms with Gasteiger partial charge in [0.1, 0.15) is 5.75 Å². The lowest BCUT2D eigenvalue weighted by atomic mass is 10.2. The van der Waals surface area contributed by atoms with Crippen molar-refractivity contribution in [3.63, 3.8) is 0 Å². The summed E-state index contributed by atoms with van der Waals surface area (Å²) in [4.78, 5) is 20.1. The van der Waals surface area contributed by atoms with Crippen molar-refractivity contribution in [3.8, 4) is 5.75 Å². The van der Waals surface area contributed by atoms with Crippen molar-refractivity contribution >= 4 is 17.7 Å². The third-order valence-electron chi connectivity index (χ3n) is 4.16. The van der Waals surface area contributed by atoms with Crippen molar-refractivity contribution < 1.29 is 14.1 Å². The van der Waals surface area contributed by atoms with Gasteiger partial charge in [0, 0.05) is 24.1 Å². The van der Waals surface area contributed by atoms with Gasteiger partial charge in [-0.3, -0.25) is 4.79 Å². The predicted molar refractivity (Wildman–Crippen MR) is 84.3 cm³/mol. The zero-order valence-corrected chi connectivity index (χ0v) is 13.6. The summed E-state index contributed by atoms with van der Waals surface area (Å²) in [6.45, 7) is 2.47. The molecule has 0 aliphatic carbocycles. The average molecular weight is 331 g/mol. The van der Waals surface area contributed by atoms with Crippen LogP contribution in [0.3, 0.4) is 0 Å². The summed E-state index contributed by atoms with van der Waals surface area (Å²) in [5.74, 6) is 2.55. The maximum atomic E-state index is 12.9. The van der Waals surface area contributed by atoms with Crippen LogP contribution in [-0.2, 0) is 4.79 Å². The highest BCUT2D eigenvalue weighted by molar-refractivity contribution is 7.99. The quantitative estimate of drug-likeness (QED) is 0.842. The average Bonchev–Trinajstić information content (AvgIpc) is 3.22. The van der Waals surface area contributed by atoms with E-state index in [-0.39, 0.29) is 11.9 Å². The number of amides is 1. The molecule has 23 heavy (non-hydrogen) atoms. The molecule has 1 amide bonds. The zero-order chi connectivity index (χ0) is 15.8. The highest BCUT2D eigenvalue weighted by Crippen LogP contribution is 2.37. The number of thioether (sulfide) groups is 1. The van der Waals surface area contributed by atoms with Crippen LogP contribution in [0.25, 0.3) is 0 Å². The van der Waals surface area contributed by atoms with Crippen molar-refractivity contribution in [2.75, 3.05) is 12.3 Å². The van der Waals surface area contributed by atoms with Gasteiger partial charge in [0.25, 0.3) is 5.91 Å². The number of nitrogens with zero attached hydrogens (tertiary/aromatic N) is 3. The Hall–Kier alpha value is -2.02. The third-order valence-corrected chi connectivity index (χ3v) is 5.28. The predicted octanol–water partition coefficient (Wildman–Crippen LogP) is 2.59. The molecule has 7 heteroatoms. The standard InChI is InChI=1S/C16H17N3O3S/c1-10-17-15(18-22-10)11-5-4-8-19(11)16(20)13-9-23-14-7-3-2-6-12(14)21-13/h2-3,6-7,11,13H,4-5,8-9H2,1H3/t11-,13+/m1/s1. The fraction of sp³-hybridized carbons (Fsp3) is 0.438. The number of aryl methyl sites for hydroxylation is 1. The van der Waals surface area contributed by atoms with Crippen LogP contribution < -0.4 is 4.74 Å². The number of hydrogen-bond acceptors (Lipinski definition) is 6. The molecule has 0 spiro atoms. The highest BCUT2D eigenvalue weighted by Gasteiger charge is 2.38. The largest absolute Gasteiger partial charge is 0.479 e. The van der Waals surface area contributed by atoms with E-state index < -0.39 is 6.10 Å². The number of aromatic nitrogens is 2. The van der Waals surface area contributed by atoms with Crippen molar-refractivity contribution in [3.05, 3.63) is 36.0 Å². The molecule has 1 saturated heterocycles. The molecule has 1 aromatic heterocycles. The minimum absolute atomic E-state index is 0.0111. The Morgan fingerprint density at radius 2 is 2.26 bits per heavy atom. The van der Waals surface area contributed by atoms with Crippen LogP contribution in [0.2, 0.25) is 0 Å². The maximum Gasteiger partial charge on any atom is 0.265 e. The van der Waals surface area contributed by atoms with E-state index in [9.17, 15) is 4.79 Å². The van der Waals surface area contributed by atoms with Crippen LogP contribution in [0.5, 0.6) is 5.75 Å². The molecule has 0 N–H and O–H groups in total. The molecule has 2 aromatic rings. The number of likely N-dealkylation sites (tertiary alicyclic amines) is 1. The van der Waals surface area contributed by atoms with Crippen molar-refractivity contribution in [2.24, 2.45) is 0 Å². The van der Waals surface area contributed by atoms with Gasteiger partial charge in [0.2, 0.25) is 5.89 Å². The van der Waals surface area contributed by atoms with Gasteiger partial charge in [0.05, 0.1) is 6.04 Å². The molecular weight excluding hydrogens is 314 g/mol. The second-order valence-electron chi connectivity index (χ2n) is 5.73. The van der Waals surface area contributed by atoms with Crippen LogP contribution in [0.1, 0.15) is 30.6 Å². The molecule has 2 aliphatic rings. The fourth-order valence-electron chi connectivity index (χ4n) is 3.08. The summed E-state index contributed by atoms with van der Waals surface area (Å²) in [7, 11) is 0. The van der Waals surface area contributed by atoms with E-state index in [2.05, 4.69) is 10.1 Å². The van der Waals surface area contributed by atoms with Gasteiger partial charge in [-0.15, -0.1) is 11.8 Å². The number of rotatable bonds is 2. The summed E-state index contributed by atoms with van der Waals surface area (Å²) in [5, 5.41) is 3.99. The lowest BCUT2D eigenvalue weighted by molar-refractivity contribution is -0.139. The minimum atomic E-state index is -0.455. The summed E-state index contributed by atoms with van der Waals surface area (Å²) < 4.78 is 11.0. The van der Waals surface area contributed by atoms with E-state index in [0.717, 1.165) is 23.5 Å². The van der Waals surface area contributed by atoms with Gasteiger partial charge in [-0.25, -0.2) is 0 Å². The van der Waals surface area contributed by atoms with E-state index in [1.807, 2.05) is 29.2 Å². The molecule has 1 aromatic carbocycles. The van der Waals surface area contributed by atoms with Crippen molar-refractivity contribution in [1.82, 2.24) is 15.0 Å². The molecule has 120 valence electrons. The molecule has 6 nitrogen and oxygen atoms in total. The molecule has 0 unspecified atom stereocenters. The molecule has 0 radical (unpaired) electrons. The molecule has 1 fully saturated rings. The topological polar surface area (TPSA) is 68.5 Å². The minimum Gasteiger partial charge on any atom is -0.479 e. The molecular formula is C16H17N3O3S. The van der Waals surface area contributed by atoms with Crippen LogP contribution in [-0.4, -0.2) is 39.3 Å². The Bertz CT molecular complexity index is 733. The molecule has 2 aliphatic heterocycles. The van der Waals surface area contributed by atoms with Crippen LogP contribution in [0.4, 0.5) is 0 Å². The van der Waals surface area contributed by atoms with Crippen LogP contribution in [0, 0.1) is 6.92 Å². The lowest BCUT2D eigenvalue weighted by Crippen LogP contribution is -2.44. The number of carbonyl (C=O) groups excluding carboxylic acids is 1. The molecule has 4 rings (SSSR count). The SMILES string of the molecule is Cc1nc([C@H]2CCCN2C(=O)[C@@H]2CSc3ccccc3O2)no1. The molecule has 3 heterocycles. The summed E-state index contributed by atoms with van der Waals surface area (Å²) in [6, 6.07) is 7.72. The number of benzene rings is 1. The first-order valence-corrected chi connectivity index (χ1v) is 8.70. The summed E-state index contributed by atoms with van der Waals surface area (Å²) in [6.07, 6.45) is 1.35. The first kappa shape index (κ1) is 14.6. The Morgan fingerprint density at radius 3 is 3.09 bits per heavy atom. The van der Waals surface area contributed by atoms with Gasteiger partial charge in [-0.05, 0) is 25.0 Å². The van der Waals surface area contributed by atoms with Gasteiger partial charge in [0.15, 0.2) is 11.9 Å². The van der Waals surface area contributed by atoms with Crippen molar-refractivity contribution in [1.29, 1.82) is 0 Å². The molecule has 2 atom stereocenters. The van der Waals surface area contributed by atoms with Gasteiger partial charge in [-0.2, -0.15) is 4.98 Å². The fourth-order valence-corrected chi connectivity index (χ4v) is 4.05. The number of hydrogen-bond donors (Lipinski definition) is 0. The Morgan fingerprint density at radius 1 is 1.39 bits per heavy atom. The second-order valence-corrected chi connectivity index (χ2v) is 6.79. The second kappa shape index (κ2) is 5.88. The van der Waals surface area contributed by atoms with Crippen LogP contribution in [0.15, 0.2) is 33.7 Å². The zero-order valence-electron chi connectivity index (χ0n) is 12.8. The van der Waals surface area contributed by atoms with E-state index in [1.165, 1.54) is 0 Å². The molecule has 0 saturated carbocycles. The summed E-state index contributed by atoms with van der Waals surface area (Å²) >= 11 is 1.66. The van der Waals surface area contributed by atoms with Crippen LogP contribution >= 0.6 is 11.8 Å². The van der Waals surface area contributed by atoms with Gasteiger partial charge < -0.3 is 14.2 Å². The van der Waals surface area contributed by atoms with E-state index in [0.29, 0.717) is 24.0 Å². The number of fused-ring (bicyclic) bond motifs is 1. The Kier molecular flexibility index (Phi) is 3.72. The van der Waals surface area contributed by atoms with E-state index in [1.54, 1.807) is 18.7 Å². The Balaban J connectivity index is 1.52. The summed E-state index contributed by atoms with van der Waals surface area (Å²) in [5.41, 5.74) is 0. The Labute approximate surface area is 138 Å². The molecule has 0 bridgehead atoms. The van der Waals surface area contributed by atoms with Gasteiger partial charge >= 0.3 is 0 Å². The third kappa shape index (κ3) is 2.69. The lowest BCUT2D eigenvalue weighted by Gasteiger charge is -2.30. The van der Waals surface area contributed by atoms with Crippen molar-refractivity contribution in [2.45, 2.75) is 36.8 Å². The highest BCUT2D eigenvalue weighted by atomic mass is 32.2. The number of carbonyl (C=O) groups is 1. The number of ether oxygens (including phenoxy) is 1. The van der Waals surface area contributed by atoms with E-state index >= 15 is 0 Å². The monoisotopic (exact) mass is 331 g/mol. The van der Waals surface area contributed by atoms with Gasteiger partial charge in [-0.1, -0.05) is 17.3 Å². The maximum absolute atomic E-state index is 12.9. The first-order valence-electron chi connectivity index (χ1n) is 7.71. The first-order chi connectivity index (χ1) is 11.2. The smallest absolute Gasteiger partial charge is 0.265 e. The normalized spacial score (nSPS) is 23.4. The number of para-hydroxylation sites is 1.